The lowest BCUT2D eigenvalue weighted by Gasteiger charge is -2.23. The SMILES string of the molecule is CCNC(=O)C1CC(NC(=O)c2ccoc2)CN1Cc1nccn1CC. The highest BCUT2D eigenvalue weighted by atomic mass is 16.3. The van der Waals surface area contributed by atoms with Crippen molar-refractivity contribution in [2.45, 2.75) is 45.4 Å². The number of furan rings is 1. The molecule has 1 fully saturated rings. The van der Waals surface area contributed by atoms with Gasteiger partial charge in [-0.2, -0.15) is 0 Å². The van der Waals surface area contributed by atoms with E-state index in [1.807, 2.05) is 13.1 Å². The van der Waals surface area contributed by atoms with Gasteiger partial charge in [0.2, 0.25) is 5.91 Å². The lowest BCUT2D eigenvalue weighted by molar-refractivity contribution is -0.125. The zero-order chi connectivity index (χ0) is 18.5. The number of aromatic nitrogens is 2. The third-order valence-corrected chi connectivity index (χ3v) is 4.66. The fourth-order valence-corrected chi connectivity index (χ4v) is 3.37. The topological polar surface area (TPSA) is 92.4 Å². The standard InChI is InChI=1S/C18H25N5O3/c1-3-19-18(25)15-9-14(21-17(24)13-5-8-26-12-13)10-23(15)11-16-20-6-7-22(16)4-2/h5-8,12,14-15H,3-4,9-11H2,1-2H3,(H,19,25)(H,21,24). The molecule has 140 valence electrons. The zero-order valence-corrected chi connectivity index (χ0v) is 15.1. The number of rotatable bonds is 7. The van der Waals surface area contributed by atoms with Crippen molar-refractivity contribution < 1.29 is 14.0 Å². The number of carbonyl (C=O) groups is 2. The number of hydrogen-bond acceptors (Lipinski definition) is 5. The molecule has 0 saturated carbocycles. The first-order valence-electron chi connectivity index (χ1n) is 8.97. The van der Waals surface area contributed by atoms with Gasteiger partial charge in [0.1, 0.15) is 12.1 Å². The molecule has 1 aliphatic heterocycles. The first kappa shape index (κ1) is 18.2. The van der Waals surface area contributed by atoms with Gasteiger partial charge < -0.3 is 19.6 Å². The van der Waals surface area contributed by atoms with E-state index in [-0.39, 0.29) is 23.9 Å². The Morgan fingerprint density at radius 2 is 2.23 bits per heavy atom. The summed E-state index contributed by atoms with van der Waals surface area (Å²) in [7, 11) is 0. The highest BCUT2D eigenvalue weighted by Gasteiger charge is 2.37. The molecular formula is C18H25N5O3. The molecule has 0 aromatic carbocycles. The van der Waals surface area contributed by atoms with Crippen LogP contribution in [-0.4, -0.2) is 51.4 Å². The zero-order valence-electron chi connectivity index (χ0n) is 15.1. The van der Waals surface area contributed by atoms with E-state index >= 15 is 0 Å². The summed E-state index contributed by atoms with van der Waals surface area (Å²) < 4.78 is 7.02. The number of likely N-dealkylation sites (tertiary alicyclic amines) is 1. The van der Waals surface area contributed by atoms with Crippen LogP contribution in [0.2, 0.25) is 0 Å². The van der Waals surface area contributed by atoms with Crippen LogP contribution < -0.4 is 10.6 Å². The molecule has 0 aliphatic carbocycles. The number of amides is 2. The number of imidazole rings is 1. The van der Waals surface area contributed by atoms with Crippen molar-refractivity contribution in [3.05, 3.63) is 42.4 Å². The van der Waals surface area contributed by atoms with E-state index in [0.717, 1.165) is 12.4 Å². The van der Waals surface area contributed by atoms with Crippen LogP contribution in [-0.2, 0) is 17.9 Å². The fourth-order valence-electron chi connectivity index (χ4n) is 3.37. The first-order valence-corrected chi connectivity index (χ1v) is 8.97. The fraction of sp³-hybridized carbons (Fsp3) is 0.500. The molecule has 2 aromatic heterocycles. The van der Waals surface area contributed by atoms with Crippen LogP contribution >= 0.6 is 0 Å². The van der Waals surface area contributed by atoms with Crippen LogP contribution in [0.5, 0.6) is 0 Å². The quantitative estimate of drug-likeness (QED) is 0.770. The summed E-state index contributed by atoms with van der Waals surface area (Å²) in [6, 6.07) is 1.24. The Kier molecular flexibility index (Phi) is 5.72. The largest absolute Gasteiger partial charge is 0.472 e. The second-order valence-electron chi connectivity index (χ2n) is 6.39. The molecule has 0 radical (unpaired) electrons. The van der Waals surface area contributed by atoms with E-state index < -0.39 is 0 Å². The van der Waals surface area contributed by atoms with Crippen molar-refractivity contribution in [2.24, 2.45) is 0 Å². The summed E-state index contributed by atoms with van der Waals surface area (Å²) in [4.78, 5) is 31.3. The van der Waals surface area contributed by atoms with Gasteiger partial charge >= 0.3 is 0 Å². The van der Waals surface area contributed by atoms with Crippen molar-refractivity contribution in [2.75, 3.05) is 13.1 Å². The number of likely N-dealkylation sites (N-methyl/N-ethyl adjacent to an activating group) is 1. The third kappa shape index (κ3) is 3.96. The van der Waals surface area contributed by atoms with Gasteiger partial charge in [-0.15, -0.1) is 0 Å². The average Bonchev–Trinajstić information content (AvgIpc) is 3.36. The van der Waals surface area contributed by atoms with Gasteiger partial charge in [0.25, 0.3) is 5.91 Å². The maximum absolute atomic E-state index is 12.5. The molecule has 3 heterocycles. The molecule has 2 amide bonds. The Morgan fingerprint density at radius 1 is 1.38 bits per heavy atom. The molecule has 2 atom stereocenters. The van der Waals surface area contributed by atoms with Gasteiger partial charge in [-0.3, -0.25) is 14.5 Å². The summed E-state index contributed by atoms with van der Waals surface area (Å²) in [5.74, 6) is 0.723. The Hall–Kier alpha value is -2.61. The van der Waals surface area contributed by atoms with Crippen molar-refractivity contribution in [1.29, 1.82) is 0 Å². The van der Waals surface area contributed by atoms with Crippen LogP contribution in [0, 0.1) is 0 Å². The lowest BCUT2D eigenvalue weighted by Crippen LogP contribution is -2.43. The summed E-state index contributed by atoms with van der Waals surface area (Å²) in [5, 5.41) is 5.89. The van der Waals surface area contributed by atoms with Gasteiger partial charge in [-0.25, -0.2) is 4.98 Å². The van der Waals surface area contributed by atoms with Crippen LogP contribution in [0.4, 0.5) is 0 Å². The van der Waals surface area contributed by atoms with Gasteiger partial charge in [0, 0.05) is 38.1 Å². The van der Waals surface area contributed by atoms with Crippen LogP contribution in [0.15, 0.2) is 35.4 Å². The van der Waals surface area contributed by atoms with E-state index in [0.29, 0.717) is 31.6 Å². The average molecular weight is 359 g/mol. The van der Waals surface area contributed by atoms with Crippen LogP contribution in [0.1, 0.15) is 36.5 Å². The Morgan fingerprint density at radius 3 is 2.92 bits per heavy atom. The van der Waals surface area contributed by atoms with Gasteiger partial charge in [-0.05, 0) is 26.3 Å². The Labute approximate surface area is 152 Å². The summed E-state index contributed by atoms with van der Waals surface area (Å²) in [6.07, 6.45) is 7.17. The van der Waals surface area contributed by atoms with E-state index in [4.69, 9.17) is 4.42 Å². The second kappa shape index (κ2) is 8.18. The summed E-state index contributed by atoms with van der Waals surface area (Å²) >= 11 is 0. The molecule has 26 heavy (non-hydrogen) atoms. The third-order valence-electron chi connectivity index (χ3n) is 4.66. The Bertz CT molecular complexity index is 740. The molecule has 0 spiro atoms. The summed E-state index contributed by atoms with van der Waals surface area (Å²) in [5.41, 5.74) is 0.486. The highest BCUT2D eigenvalue weighted by molar-refractivity contribution is 5.94. The summed E-state index contributed by atoms with van der Waals surface area (Å²) in [6.45, 7) is 6.54. The predicted molar refractivity (Wildman–Crippen MR) is 95.4 cm³/mol. The minimum atomic E-state index is -0.286. The first-order chi connectivity index (χ1) is 12.6. The molecular weight excluding hydrogens is 334 g/mol. The number of aryl methyl sites for hydroxylation is 1. The molecule has 2 unspecified atom stereocenters. The molecule has 8 heteroatoms. The van der Waals surface area contributed by atoms with Crippen molar-refractivity contribution in [1.82, 2.24) is 25.1 Å². The van der Waals surface area contributed by atoms with E-state index in [1.54, 1.807) is 12.3 Å². The Balaban J connectivity index is 1.70. The minimum absolute atomic E-state index is 0.0119. The molecule has 1 saturated heterocycles. The van der Waals surface area contributed by atoms with Crippen LogP contribution in [0.25, 0.3) is 0 Å². The molecule has 3 rings (SSSR count). The molecule has 2 aromatic rings. The van der Waals surface area contributed by atoms with Crippen molar-refractivity contribution in [3.63, 3.8) is 0 Å². The molecule has 0 bridgehead atoms. The van der Waals surface area contributed by atoms with Crippen molar-refractivity contribution >= 4 is 11.8 Å². The normalized spacial score (nSPS) is 20.2. The second-order valence-corrected chi connectivity index (χ2v) is 6.39. The highest BCUT2D eigenvalue weighted by Crippen LogP contribution is 2.21. The van der Waals surface area contributed by atoms with Crippen molar-refractivity contribution in [3.8, 4) is 0 Å². The van der Waals surface area contributed by atoms with Crippen LogP contribution in [0.3, 0.4) is 0 Å². The number of nitrogens with one attached hydrogen (secondary N) is 2. The van der Waals surface area contributed by atoms with Gasteiger partial charge in [0.15, 0.2) is 0 Å². The van der Waals surface area contributed by atoms with E-state index in [9.17, 15) is 9.59 Å². The molecule has 2 N–H and O–H groups in total. The lowest BCUT2D eigenvalue weighted by atomic mass is 10.1. The smallest absolute Gasteiger partial charge is 0.254 e. The predicted octanol–water partition coefficient (Wildman–Crippen LogP) is 1.00. The minimum Gasteiger partial charge on any atom is -0.472 e. The van der Waals surface area contributed by atoms with Gasteiger partial charge in [-0.1, -0.05) is 0 Å². The van der Waals surface area contributed by atoms with E-state index in [1.165, 1.54) is 12.5 Å². The molecule has 1 aliphatic rings. The maximum Gasteiger partial charge on any atom is 0.254 e. The number of carbonyl (C=O) groups excluding carboxylic acids is 2. The maximum atomic E-state index is 12.5. The van der Waals surface area contributed by atoms with E-state index in [2.05, 4.69) is 32.0 Å². The number of hydrogen-bond donors (Lipinski definition) is 2. The van der Waals surface area contributed by atoms with Gasteiger partial charge in [0.05, 0.1) is 24.4 Å². The number of nitrogens with zero attached hydrogens (tertiary/aromatic N) is 3. The monoisotopic (exact) mass is 359 g/mol. The molecule has 8 nitrogen and oxygen atoms in total.